The molecule has 5 rings (SSSR count). The number of nitrogens with one attached hydrogen (secondary N) is 1. The average Bonchev–Trinajstić information content (AvgIpc) is 3.44. The maximum atomic E-state index is 13.0. The predicted molar refractivity (Wildman–Crippen MR) is 169 cm³/mol. The normalized spacial score (nSPS) is 16.0. The van der Waals surface area contributed by atoms with Gasteiger partial charge in [-0.2, -0.15) is 0 Å². The summed E-state index contributed by atoms with van der Waals surface area (Å²) < 4.78 is 13.5. The van der Waals surface area contributed by atoms with Gasteiger partial charge in [-0.1, -0.05) is 45.9 Å². The number of phenolic OH excluding ortho intramolecular Hbond substituents is 2. The molecule has 11 nitrogen and oxygen atoms in total. The number of aromatic nitrogens is 3. The van der Waals surface area contributed by atoms with Gasteiger partial charge in [-0.3, -0.25) is 9.36 Å². The fraction of sp³-hybridized carbons (Fsp3) is 0.353. The van der Waals surface area contributed by atoms with Crippen molar-refractivity contribution in [3.63, 3.8) is 0 Å². The number of benzene rings is 3. The Hall–Kier alpha value is -5.06. The Morgan fingerprint density at radius 1 is 1.00 bits per heavy atom. The van der Waals surface area contributed by atoms with Gasteiger partial charge >= 0.3 is 6.09 Å². The molecule has 236 valence electrons. The van der Waals surface area contributed by atoms with Gasteiger partial charge in [-0.15, -0.1) is 10.2 Å². The fourth-order valence-electron chi connectivity index (χ4n) is 5.53. The lowest BCUT2D eigenvalue weighted by atomic mass is 9.81. The first-order valence-electron chi connectivity index (χ1n) is 15.1. The predicted octanol–water partition coefficient (Wildman–Crippen LogP) is 5.90. The van der Waals surface area contributed by atoms with E-state index < -0.39 is 5.91 Å². The summed E-state index contributed by atoms with van der Waals surface area (Å²) in [5.41, 5.74) is 1.19. The van der Waals surface area contributed by atoms with Gasteiger partial charge in [0.25, 0.3) is 5.91 Å². The van der Waals surface area contributed by atoms with Gasteiger partial charge in [0.05, 0.1) is 5.56 Å². The van der Waals surface area contributed by atoms with Crippen molar-refractivity contribution in [3.05, 3.63) is 78.1 Å². The van der Waals surface area contributed by atoms with Crippen LogP contribution >= 0.6 is 0 Å². The Balaban J connectivity index is 1.38. The molecule has 3 aromatic carbocycles. The smallest absolute Gasteiger partial charge is 0.415 e. The summed E-state index contributed by atoms with van der Waals surface area (Å²) in [4.78, 5) is 27.5. The van der Waals surface area contributed by atoms with Crippen LogP contribution in [-0.4, -0.2) is 67.6 Å². The number of phenols is 2. The van der Waals surface area contributed by atoms with Gasteiger partial charge in [0.15, 0.2) is 5.82 Å². The lowest BCUT2D eigenvalue weighted by Gasteiger charge is -2.43. The molecule has 1 saturated heterocycles. The van der Waals surface area contributed by atoms with Crippen molar-refractivity contribution >= 4 is 12.0 Å². The molecule has 0 bridgehead atoms. The van der Waals surface area contributed by atoms with Gasteiger partial charge in [0.2, 0.25) is 5.82 Å². The maximum Gasteiger partial charge on any atom is 0.415 e. The number of ether oxygens (including phenoxy) is 2. The number of piperidine rings is 1. The van der Waals surface area contributed by atoms with E-state index in [1.165, 1.54) is 6.07 Å². The first-order valence-corrected chi connectivity index (χ1v) is 15.1. The maximum absolute atomic E-state index is 13.0. The number of amides is 2. The van der Waals surface area contributed by atoms with Gasteiger partial charge in [0.1, 0.15) is 29.1 Å². The Labute approximate surface area is 262 Å². The molecule has 0 aliphatic carbocycles. The van der Waals surface area contributed by atoms with E-state index in [2.05, 4.69) is 29.4 Å². The minimum Gasteiger partial charge on any atom is -0.508 e. The third-order valence-corrected chi connectivity index (χ3v) is 7.92. The first kappa shape index (κ1) is 31.4. The molecular weight excluding hydrogens is 574 g/mol. The van der Waals surface area contributed by atoms with Crippen LogP contribution in [0, 0.1) is 5.41 Å². The highest BCUT2D eigenvalue weighted by Gasteiger charge is 2.40. The number of hydrogen-bond donors (Lipinski definition) is 3. The van der Waals surface area contributed by atoms with Crippen LogP contribution < -0.4 is 14.8 Å². The topological polar surface area (TPSA) is 139 Å². The van der Waals surface area contributed by atoms with Crippen molar-refractivity contribution in [1.29, 1.82) is 0 Å². The largest absolute Gasteiger partial charge is 0.508 e. The van der Waals surface area contributed by atoms with E-state index in [0.717, 1.165) is 0 Å². The second-order valence-corrected chi connectivity index (χ2v) is 12.1. The van der Waals surface area contributed by atoms with Crippen LogP contribution in [0.1, 0.15) is 63.1 Å². The Kier molecular flexibility index (Phi) is 8.99. The van der Waals surface area contributed by atoms with Crippen LogP contribution in [-0.2, 0) is 0 Å². The van der Waals surface area contributed by atoms with Crippen LogP contribution in [0.25, 0.3) is 17.1 Å². The fourth-order valence-corrected chi connectivity index (χ4v) is 5.53. The number of nitrogens with zero attached hydrogens (tertiary/aromatic N) is 4. The molecular formula is C34H39N5O6. The summed E-state index contributed by atoms with van der Waals surface area (Å²) in [5.74, 6) is 0.782. The van der Waals surface area contributed by atoms with Gasteiger partial charge in [-0.25, -0.2) is 4.79 Å². The molecule has 45 heavy (non-hydrogen) atoms. The lowest BCUT2D eigenvalue weighted by Crippen LogP contribution is -2.53. The highest BCUT2D eigenvalue weighted by atomic mass is 16.6. The van der Waals surface area contributed by atoms with Crippen molar-refractivity contribution in [2.75, 3.05) is 19.6 Å². The van der Waals surface area contributed by atoms with Crippen LogP contribution in [0.3, 0.4) is 0 Å². The van der Waals surface area contributed by atoms with Gasteiger partial charge < -0.3 is 29.9 Å². The van der Waals surface area contributed by atoms with Crippen LogP contribution in [0.15, 0.2) is 66.7 Å². The molecule has 11 heteroatoms. The zero-order valence-corrected chi connectivity index (χ0v) is 26.2. The SMILES string of the molecule is CCNC(=O)c1nnc(-c2cc(C(C)C)c(O)cc2O)n1-c1ccc(OC2CCN(C(=O)Oc3ccccc3)CC2(C)C)cc1. The van der Waals surface area contributed by atoms with E-state index in [1.54, 1.807) is 39.8 Å². The van der Waals surface area contributed by atoms with Crippen molar-refractivity contribution in [3.8, 4) is 40.1 Å². The van der Waals surface area contributed by atoms with Crippen molar-refractivity contribution in [1.82, 2.24) is 25.0 Å². The second kappa shape index (κ2) is 12.9. The van der Waals surface area contributed by atoms with Crippen molar-refractivity contribution in [2.45, 2.75) is 53.1 Å². The van der Waals surface area contributed by atoms with Crippen LogP contribution in [0.2, 0.25) is 0 Å². The van der Waals surface area contributed by atoms with Gasteiger partial charge in [-0.05, 0) is 60.9 Å². The third-order valence-electron chi connectivity index (χ3n) is 7.92. The Morgan fingerprint density at radius 2 is 1.71 bits per heavy atom. The number of likely N-dealkylation sites (tertiary alicyclic amines) is 1. The summed E-state index contributed by atoms with van der Waals surface area (Å²) in [6.45, 7) is 11.2. The molecule has 0 spiro atoms. The molecule has 2 amide bonds. The van der Waals surface area contributed by atoms with Crippen LogP contribution in [0.4, 0.5) is 4.79 Å². The highest BCUT2D eigenvalue weighted by Crippen LogP contribution is 2.39. The Morgan fingerprint density at radius 3 is 2.36 bits per heavy atom. The zero-order valence-electron chi connectivity index (χ0n) is 26.2. The van der Waals surface area contributed by atoms with E-state index in [0.29, 0.717) is 54.4 Å². The number of hydrogen-bond acceptors (Lipinski definition) is 8. The number of carbonyl (C=O) groups is 2. The standard InChI is InChI=1S/C34H39N5O6/c1-6-35-32(42)31-37-36-30(26-18-25(21(2)3)27(40)19-28(26)41)39(31)22-12-14-24(15-13-22)44-29-16-17-38(20-34(29,4)5)33(43)45-23-10-8-7-9-11-23/h7-15,18-19,21,29,40-41H,6,16-17,20H2,1-5H3,(H,35,42). The molecule has 1 unspecified atom stereocenters. The second-order valence-electron chi connectivity index (χ2n) is 12.1. The summed E-state index contributed by atoms with van der Waals surface area (Å²) in [7, 11) is 0. The Bertz CT molecular complexity index is 1670. The molecule has 4 aromatic rings. The van der Waals surface area contributed by atoms with E-state index in [1.807, 2.05) is 51.1 Å². The quantitative estimate of drug-likeness (QED) is 0.223. The number of aromatic hydroxyl groups is 2. The molecule has 0 radical (unpaired) electrons. The molecule has 1 fully saturated rings. The minimum atomic E-state index is -0.418. The molecule has 1 aliphatic heterocycles. The van der Waals surface area contributed by atoms with E-state index >= 15 is 0 Å². The summed E-state index contributed by atoms with van der Waals surface area (Å²) in [5, 5.41) is 32.4. The van der Waals surface area contributed by atoms with E-state index in [4.69, 9.17) is 9.47 Å². The van der Waals surface area contributed by atoms with Crippen molar-refractivity contribution in [2.24, 2.45) is 5.41 Å². The highest BCUT2D eigenvalue weighted by molar-refractivity contribution is 5.92. The molecule has 3 N–H and O–H groups in total. The number of carbonyl (C=O) groups excluding carboxylic acids is 2. The molecule has 2 heterocycles. The van der Waals surface area contributed by atoms with E-state index in [9.17, 15) is 19.8 Å². The molecule has 1 atom stereocenters. The van der Waals surface area contributed by atoms with Crippen molar-refractivity contribution < 1.29 is 29.3 Å². The number of para-hydroxylation sites is 1. The lowest BCUT2D eigenvalue weighted by molar-refractivity contribution is -0.00137. The third kappa shape index (κ3) is 6.72. The van der Waals surface area contributed by atoms with Crippen LogP contribution in [0.5, 0.6) is 23.0 Å². The summed E-state index contributed by atoms with van der Waals surface area (Å²) >= 11 is 0. The molecule has 1 aliphatic rings. The van der Waals surface area contributed by atoms with Gasteiger partial charge in [0, 0.05) is 43.2 Å². The zero-order chi connectivity index (χ0) is 32.3. The number of rotatable bonds is 8. The monoisotopic (exact) mass is 613 g/mol. The van der Waals surface area contributed by atoms with E-state index in [-0.39, 0.29) is 46.7 Å². The summed E-state index contributed by atoms with van der Waals surface area (Å²) in [6.07, 6.45) is 0.0715. The molecule has 0 saturated carbocycles. The first-order chi connectivity index (χ1) is 21.5. The minimum absolute atomic E-state index is 0.0226. The molecule has 1 aromatic heterocycles. The average molecular weight is 614 g/mol. The summed E-state index contributed by atoms with van der Waals surface area (Å²) in [6, 6.07) is 19.2.